The molecule has 0 aromatic carbocycles. The number of rotatable bonds is 6. The third-order valence-electron chi connectivity index (χ3n) is 1.28. The van der Waals surface area contributed by atoms with Gasteiger partial charge in [0.25, 0.3) is 0 Å². The summed E-state index contributed by atoms with van der Waals surface area (Å²) in [6.45, 7) is 2.80. The zero-order chi connectivity index (χ0) is 7.82. The van der Waals surface area contributed by atoms with Gasteiger partial charge in [-0.25, -0.2) is 0 Å². The fourth-order valence-corrected chi connectivity index (χ4v) is 1.08. The summed E-state index contributed by atoms with van der Waals surface area (Å²) in [5.74, 6) is 0. The number of hydrogen-bond acceptors (Lipinski definition) is 1. The van der Waals surface area contributed by atoms with E-state index < -0.39 is 8.18 Å². The van der Waals surface area contributed by atoms with E-state index in [-0.39, 0.29) is 0 Å². The summed E-state index contributed by atoms with van der Waals surface area (Å²) in [6, 6.07) is 0. The molecule has 1 unspecified atom stereocenters. The molecule has 0 heterocycles. The first-order chi connectivity index (χ1) is 4.77. The predicted octanol–water partition coefficient (Wildman–Crippen LogP) is 1.81. The SMILES string of the molecule is CCCCCCN[P+](=O)O. The maximum Gasteiger partial charge on any atom is 0.610 e. The fraction of sp³-hybridized carbons (Fsp3) is 1.00. The highest BCUT2D eigenvalue weighted by molar-refractivity contribution is 7.35. The second-order valence-electron chi connectivity index (χ2n) is 2.24. The summed E-state index contributed by atoms with van der Waals surface area (Å²) >= 11 is 0. The third kappa shape index (κ3) is 8.02. The molecule has 0 rings (SSSR count). The first-order valence-corrected chi connectivity index (χ1v) is 4.88. The highest BCUT2D eigenvalue weighted by Crippen LogP contribution is 2.05. The highest BCUT2D eigenvalue weighted by atomic mass is 31.1. The summed E-state index contributed by atoms with van der Waals surface area (Å²) in [6.07, 6.45) is 4.55. The third-order valence-corrected chi connectivity index (χ3v) is 1.77. The Hall–Kier alpha value is 0.0200. The van der Waals surface area contributed by atoms with Crippen molar-refractivity contribution in [3.05, 3.63) is 0 Å². The van der Waals surface area contributed by atoms with Gasteiger partial charge in [0.15, 0.2) is 0 Å². The van der Waals surface area contributed by atoms with Gasteiger partial charge in [-0.1, -0.05) is 31.3 Å². The molecule has 60 valence electrons. The Bertz CT molecular complexity index is 97.7. The minimum atomic E-state index is -2.12. The van der Waals surface area contributed by atoms with Crippen molar-refractivity contribution in [3.63, 3.8) is 0 Å². The van der Waals surface area contributed by atoms with Crippen LogP contribution < -0.4 is 5.09 Å². The van der Waals surface area contributed by atoms with Crippen LogP contribution in [0.15, 0.2) is 0 Å². The molecule has 0 bridgehead atoms. The molecule has 4 heteroatoms. The van der Waals surface area contributed by atoms with Crippen LogP contribution in [0, 0.1) is 0 Å². The number of unbranched alkanes of at least 4 members (excludes halogenated alkanes) is 3. The Morgan fingerprint density at radius 1 is 1.40 bits per heavy atom. The van der Waals surface area contributed by atoms with Crippen LogP contribution in [0.5, 0.6) is 0 Å². The van der Waals surface area contributed by atoms with Crippen LogP contribution in [0.25, 0.3) is 0 Å². The second-order valence-corrected chi connectivity index (χ2v) is 3.10. The Kier molecular flexibility index (Phi) is 7.15. The van der Waals surface area contributed by atoms with Gasteiger partial charge in [-0.05, 0) is 11.0 Å². The monoisotopic (exact) mass is 164 g/mol. The topological polar surface area (TPSA) is 49.3 Å². The molecule has 3 nitrogen and oxygen atoms in total. The molecule has 0 aliphatic carbocycles. The van der Waals surface area contributed by atoms with E-state index in [1.54, 1.807) is 0 Å². The normalized spacial score (nSPS) is 11.6. The summed E-state index contributed by atoms with van der Waals surface area (Å²) in [5, 5.41) is 2.47. The molecule has 2 N–H and O–H groups in total. The molecule has 1 atom stereocenters. The molecule has 0 saturated carbocycles. The Labute approximate surface area is 62.8 Å². The van der Waals surface area contributed by atoms with Crippen molar-refractivity contribution >= 4 is 8.18 Å². The Balaban J connectivity index is 2.84. The van der Waals surface area contributed by atoms with Crippen molar-refractivity contribution < 1.29 is 9.46 Å². The second kappa shape index (κ2) is 7.13. The summed E-state index contributed by atoms with van der Waals surface area (Å²) < 4.78 is 10.1. The van der Waals surface area contributed by atoms with Crippen molar-refractivity contribution in [1.29, 1.82) is 0 Å². The summed E-state index contributed by atoms with van der Waals surface area (Å²) in [5.41, 5.74) is 0. The maximum atomic E-state index is 10.1. The van der Waals surface area contributed by atoms with E-state index in [0.29, 0.717) is 6.54 Å². The molecular formula is C6H15NO2P+. The Morgan fingerprint density at radius 3 is 2.60 bits per heavy atom. The molecule has 0 saturated heterocycles. The lowest BCUT2D eigenvalue weighted by Crippen LogP contribution is -2.04. The molecule has 0 aromatic heterocycles. The molecule has 0 fully saturated rings. The van der Waals surface area contributed by atoms with Crippen molar-refractivity contribution in [1.82, 2.24) is 5.09 Å². The van der Waals surface area contributed by atoms with Crippen molar-refractivity contribution in [3.8, 4) is 0 Å². The van der Waals surface area contributed by atoms with Crippen LogP contribution >= 0.6 is 8.18 Å². The van der Waals surface area contributed by atoms with Gasteiger partial charge in [0.1, 0.15) is 0 Å². The smallest absolute Gasteiger partial charge is 0.144 e. The zero-order valence-electron chi connectivity index (χ0n) is 6.34. The van der Waals surface area contributed by atoms with E-state index in [1.165, 1.54) is 12.8 Å². The summed E-state index contributed by atoms with van der Waals surface area (Å²) in [4.78, 5) is 8.31. The van der Waals surface area contributed by atoms with E-state index in [2.05, 4.69) is 12.0 Å². The highest BCUT2D eigenvalue weighted by Gasteiger charge is 2.05. The molecule has 0 aliphatic heterocycles. The van der Waals surface area contributed by atoms with Crippen LogP contribution in [0.3, 0.4) is 0 Å². The van der Waals surface area contributed by atoms with Crippen molar-refractivity contribution in [2.75, 3.05) is 6.54 Å². The average molecular weight is 164 g/mol. The molecule has 0 amide bonds. The lowest BCUT2D eigenvalue weighted by molar-refractivity contribution is 0.487. The zero-order valence-corrected chi connectivity index (χ0v) is 7.23. The van der Waals surface area contributed by atoms with Gasteiger partial charge in [-0.15, -0.1) is 4.89 Å². The van der Waals surface area contributed by atoms with Gasteiger partial charge < -0.3 is 0 Å². The largest absolute Gasteiger partial charge is 0.610 e. The lowest BCUT2D eigenvalue weighted by atomic mass is 10.2. The van der Waals surface area contributed by atoms with Crippen LogP contribution in [0.4, 0.5) is 0 Å². The van der Waals surface area contributed by atoms with E-state index in [4.69, 9.17) is 4.89 Å². The van der Waals surface area contributed by atoms with Crippen LogP contribution in [0.1, 0.15) is 32.6 Å². The average Bonchev–Trinajstić information content (AvgIpc) is 1.87. The maximum absolute atomic E-state index is 10.1. The van der Waals surface area contributed by atoms with Crippen molar-refractivity contribution in [2.24, 2.45) is 0 Å². The standard InChI is InChI=1S/C6H14NO2P/c1-2-3-4-5-6-7-10(8)9/h2-6H2,1H3,(H-,7,8,9)/p+1. The van der Waals surface area contributed by atoms with Gasteiger partial charge in [-0.2, -0.15) is 0 Å². The van der Waals surface area contributed by atoms with Crippen LogP contribution in [0.2, 0.25) is 0 Å². The van der Waals surface area contributed by atoms with Gasteiger partial charge in [0, 0.05) is 6.54 Å². The Morgan fingerprint density at radius 2 is 2.10 bits per heavy atom. The molecular weight excluding hydrogens is 149 g/mol. The van der Waals surface area contributed by atoms with Gasteiger partial charge in [-0.3, -0.25) is 0 Å². The number of hydrogen-bond donors (Lipinski definition) is 2. The first kappa shape index (κ1) is 10.0. The molecule has 0 aliphatic rings. The first-order valence-electron chi connectivity index (χ1n) is 3.67. The van der Waals surface area contributed by atoms with E-state index in [0.717, 1.165) is 12.8 Å². The minimum absolute atomic E-state index is 0.658. The predicted molar refractivity (Wildman–Crippen MR) is 42.0 cm³/mol. The minimum Gasteiger partial charge on any atom is -0.144 e. The van der Waals surface area contributed by atoms with E-state index >= 15 is 0 Å². The van der Waals surface area contributed by atoms with Gasteiger partial charge >= 0.3 is 8.18 Å². The quantitative estimate of drug-likeness (QED) is 0.465. The fourth-order valence-electron chi connectivity index (χ4n) is 0.726. The lowest BCUT2D eigenvalue weighted by Gasteiger charge is -1.92. The van der Waals surface area contributed by atoms with Gasteiger partial charge in [0.05, 0.1) is 0 Å². The van der Waals surface area contributed by atoms with E-state index in [9.17, 15) is 4.57 Å². The molecule has 0 aromatic rings. The van der Waals surface area contributed by atoms with E-state index in [1.807, 2.05) is 0 Å². The summed E-state index contributed by atoms with van der Waals surface area (Å²) in [7, 11) is -2.12. The van der Waals surface area contributed by atoms with Gasteiger partial charge in [0.2, 0.25) is 0 Å². The molecule has 0 radical (unpaired) electrons. The molecule has 10 heavy (non-hydrogen) atoms. The number of nitrogens with one attached hydrogen (secondary N) is 1. The van der Waals surface area contributed by atoms with Crippen molar-refractivity contribution in [2.45, 2.75) is 32.6 Å². The van der Waals surface area contributed by atoms with Crippen LogP contribution in [-0.4, -0.2) is 11.4 Å². The van der Waals surface area contributed by atoms with Crippen LogP contribution in [-0.2, 0) is 4.57 Å². The molecule has 0 spiro atoms.